The maximum atomic E-state index is 13.1. The summed E-state index contributed by atoms with van der Waals surface area (Å²) in [5.74, 6) is -0.865. The average molecular weight is 482 g/mol. The van der Waals surface area contributed by atoms with E-state index in [1.807, 2.05) is 0 Å². The van der Waals surface area contributed by atoms with Crippen molar-refractivity contribution in [2.75, 3.05) is 26.2 Å². The molecule has 172 valence electrons. The predicted octanol–water partition coefficient (Wildman–Crippen LogP) is 1.72. The summed E-state index contributed by atoms with van der Waals surface area (Å²) in [6.45, 7) is 2.23. The van der Waals surface area contributed by atoms with Crippen LogP contribution in [0.3, 0.4) is 0 Å². The van der Waals surface area contributed by atoms with E-state index < -0.39 is 25.9 Å². The number of nitrogens with one attached hydrogen (secondary N) is 1. The summed E-state index contributed by atoms with van der Waals surface area (Å²) in [6.07, 6.45) is 1.62. The Kier molecular flexibility index (Phi) is 6.10. The van der Waals surface area contributed by atoms with Crippen molar-refractivity contribution in [3.05, 3.63) is 59.4 Å². The highest BCUT2D eigenvalue weighted by Gasteiger charge is 2.32. The van der Waals surface area contributed by atoms with Crippen LogP contribution in [0.25, 0.3) is 0 Å². The fourth-order valence-electron chi connectivity index (χ4n) is 3.54. The molecule has 11 heteroatoms. The molecule has 0 atom stereocenters. The number of hydrogen-bond acceptors (Lipinski definition) is 5. The number of rotatable bonds is 6. The van der Waals surface area contributed by atoms with Gasteiger partial charge in [0, 0.05) is 37.8 Å². The maximum Gasteiger partial charge on any atom is 0.254 e. The fourth-order valence-corrected chi connectivity index (χ4v) is 6.30. The molecule has 0 radical (unpaired) electrons. The molecule has 1 aliphatic heterocycles. The molecule has 1 aliphatic carbocycles. The minimum Gasteiger partial charge on any atom is -0.336 e. The molecule has 1 saturated heterocycles. The van der Waals surface area contributed by atoms with Crippen molar-refractivity contribution < 1.29 is 26.0 Å². The molecule has 1 saturated carbocycles. The zero-order valence-corrected chi connectivity index (χ0v) is 19.1. The molecule has 4 rings (SSSR count). The Morgan fingerprint density at radius 3 is 2.12 bits per heavy atom. The molecule has 0 aromatic heterocycles. The number of sulfonamides is 2. The predicted molar refractivity (Wildman–Crippen MR) is 116 cm³/mol. The van der Waals surface area contributed by atoms with Gasteiger partial charge in [-0.25, -0.2) is 25.9 Å². The first-order valence-corrected chi connectivity index (χ1v) is 13.2. The molecular formula is C21H24FN3O5S2. The van der Waals surface area contributed by atoms with Crippen LogP contribution in [0.4, 0.5) is 4.39 Å². The largest absolute Gasteiger partial charge is 0.336 e. The molecule has 0 unspecified atom stereocenters. The SMILES string of the molecule is Cc1ccc(S(=O)(=O)NC2CC2)cc1C(=O)N1CCN(S(=O)(=O)c2ccc(F)cc2)CC1. The number of nitrogens with zero attached hydrogens (tertiary/aromatic N) is 2. The van der Waals surface area contributed by atoms with Crippen LogP contribution in [-0.2, 0) is 20.0 Å². The van der Waals surface area contributed by atoms with E-state index in [1.165, 1.54) is 33.5 Å². The van der Waals surface area contributed by atoms with Crippen molar-refractivity contribution in [2.24, 2.45) is 0 Å². The van der Waals surface area contributed by atoms with Gasteiger partial charge >= 0.3 is 0 Å². The lowest BCUT2D eigenvalue weighted by atomic mass is 10.1. The van der Waals surface area contributed by atoms with E-state index in [1.54, 1.807) is 13.0 Å². The zero-order chi connectivity index (χ0) is 23.1. The van der Waals surface area contributed by atoms with Crippen molar-refractivity contribution >= 4 is 26.0 Å². The van der Waals surface area contributed by atoms with Crippen molar-refractivity contribution in [3.63, 3.8) is 0 Å². The molecule has 32 heavy (non-hydrogen) atoms. The van der Waals surface area contributed by atoms with Crippen LogP contribution >= 0.6 is 0 Å². The second-order valence-electron chi connectivity index (χ2n) is 8.02. The van der Waals surface area contributed by atoms with Gasteiger partial charge in [-0.05, 0) is 61.7 Å². The summed E-state index contributed by atoms with van der Waals surface area (Å²) >= 11 is 0. The van der Waals surface area contributed by atoms with Gasteiger partial charge in [0.05, 0.1) is 9.79 Å². The molecule has 8 nitrogen and oxygen atoms in total. The van der Waals surface area contributed by atoms with Gasteiger partial charge in [-0.3, -0.25) is 4.79 Å². The molecule has 0 spiro atoms. The summed E-state index contributed by atoms with van der Waals surface area (Å²) in [5, 5.41) is 0. The minimum atomic E-state index is -3.79. The van der Waals surface area contributed by atoms with Crippen molar-refractivity contribution in [3.8, 4) is 0 Å². The molecule has 2 aromatic rings. The van der Waals surface area contributed by atoms with E-state index in [9.17, 15) is 26.0 Å². The van der Waals surface area contributed by atoms with Gasteiger partial charge in [0.1, 0.15) is 5.82 Å². The molecular weight excluding hydrogens is 457 g/mol. The molecule has 2 fully saturated rings. The summed E-state index contributed by atoms with van der Waals surface area (Å²) in [5.41, 5.74) is 0.917. The van der Waals surface area contributed by atoms with E-state index in [0.717, 1.165) is 25.0 Å². The summed E-state index contributed by atoms with van der Waals surface area (Å²) in [6, 6.07) is 9.03. The smallest absolute Gasteiger partial charge is 0.254 e. The van der Waals surface area contributed by atoms with Gasteiger partial charge in [0.25, 0.3) is 5.91 Å². The van der Waals surface area contributed by atoms with Gasteiger partial charge in [0.2, 0.25) is 20.0 Å². The number of piperazine rings is 1. The van der Waals surface area contributed by atoms with Gasteiger partial charge in [-0.1, -0.05) is 6.07 Å². The quantitative estimate of drug-likeness (QED) is 0.677. The normalized spacial score (nSPS) is 18.0. The Morgan fingerprint density at radius 1 is 0.938 bits per heavy atom. The van der Waals surface area contributed by atoms with Gasteiger partial charge < -0.3 is 4.90 Å². The Balaban J connectivity index is 1.47. The molecule has 1 amide bonds. The van der Waals surface area contributed by atoms with Gasteiger partial charge in [-0.2, -0.15) is 4.31 Å². The van der Waals surface area contributed by atoms with Crippen LogP contribution in [0.2, 0.25) is 0 Å². The standard InChI is InChI=1S/C21H24FN3O5S2/c1-15-2-7-19(31(27,28)23-17-5-6-17)14-20(15)21(26)24-10-12-25(13-11-24)32(29,30)18-8-3-16(22)4-9-18/h2-4,7-9,14,17,23H,5-6,10-13H2,1H3. The van der Waals surface area contributed by atoms with Crippen LogP contribution in [0.15, 0.2) is 52.3 Å². The highest BCUT2D eigenvalue weighted by molar-refractivity contribution is 7.89. The van der Waals surface area contributed by atoms with E-state index in [2.05, 4.69) is 4.72 Å². The molecule has 2 aliphatic rings. The van der Waals surface area contributed by atoms with Gasteiger partial charge in [-0.15, -0.1) is 0 Å². The molecule has 1 heterocycles. The summed E-state index contributed by atoms with van der Waals surface area (Å²) < 4.78 is 67.6. The lowest BCUT2D eigenvalue weighted by molar-refractivity contribution is 0.0697. The number of benzene rings is 2. The van der Waals surface area contributed by atoms with Crippen LogP contribution < -0.4 is 4.72 Å². The van der Waals surface area contributed by atoms with Crippen LogP contribution in [0, 0.1) is 12.7 Å². The van der Waals surface area contributed by atoms with Crippen molar-refractivity contribution in [1.29, 1.82) is 0 Å². The minimum absolute atomic E-state index is 0.00408. The number of aryl methyl sites for hydroxylation is 1. The maximum absolute atomic E-state index is 13.1. The van der Waals surface area contributed by atoms with Gasteiger partial charge in [0.15, 0.2) is 0 Å². The third-order valence-corrected chi connectivity index (χ3v) is 9.06. The summed E-state index contributed by atoms with van der Waals surface area (Å²) in [7, 11) is -7.49. The average Bonchev–Trinajstić information content (AvgIpc) is 3.57. The highest BCUT2D eigenvalue weighted by Crippen LogP contribution is 2.24. The number of carbonyl (C=O) groups is 1. The fraction of sp³-hybridized carbons (Fsp3) is 0.381. The first-order valence-electron chi connectivity index (χ1n) is 10.3. The number of carbonyl (C=O) groups excluding carboxylic acids is 1. The summed E-state index contributed by atoms with van der Waals surface area (Å²) in [4.78, 5) is 14.7. The van der Waals surface area contributed by atoms with E-state index in [4.69, 9.17) is 0 Å². The Hall–Kier alpha value is -2.34. The molecule has 2 aromatic carbocycles. The first-order chi connectivity index (χ1) is 15.1. The zero-order valence-electron chi connectivity index (χ0n) is 17.5. The van der Waals surface area contributed by atoms with Crippen molar-refractivity contribution in [1.82, 2.24) is 13.9 Å². The monoisotopic (exact) mass is 481 g/mol. The lowest BCUT2D eigenvalue weighted by Crippen LogP contribution is -2.50. The topological polar surface area (TPSA) is 104 Å². The van der Waals surface area contributed by atoms with E-state index in [0.29, 0.717) is 5.56 Å². The number of hydrogen-bond donors (Lipinski definition) is 1. The Morgan fingerprint density at radius 2 is 1.53 bits per heavy atom. The van der Waals surface area contributed by atoms with Crippen LogP contribution in [-0.4, -0.2) is 64.2 Å². The second-order valence-corrected chi connectivity index (χ2v) is 11.7. The Bertz CT molecular complexity index is 1230. The third kappa shape index (κ3) is 4.70. The molecule has 1 N–H and O–H groups in total. The first kappa shape index (κ1) is 22.8. The lowest BCUT2D eigenvalue weighted by Gasteiger charge is -2.34. The number of halogens is 1. The Labute approximate surface area is 187 Å². The second kappa shape index (κ2) is 8.54. The van der Waals surface area contributed by atoms with Crippen LogP contribution in [0.5, 0.6) is 0 Å². The van der Waals surface area contributed by atoms with E-state index in [-0.39, 0.29) is 53.5 Å². The third-order valence-electron chi connectivity index (χ3n) is 5.63. The van der Waals surface area contributed by atoms with Crippen molar-refractivity contribution in [2.45, 2.75) is 35.6 Å². The van der Waals surface area contributed by atoms with Crippen LogP contribution in [0.1, 0.15) is 28.8 Å². The number of amides is 1. The highest BCUT2D eigenvalue weighted by atomic mass is 32.2. The molecule has 0 bridgehead atoms. The van der Waals surface area contributed by atoms with E-state index >= 15 is 0 Å².